The number of fused-ring (bicyclic) bond motifs is 5. The van der Waals surface area contributed by atoms with Crippen LogP contribution in [0.2, 0.25) is 0 Å². The molecule has 2 atom stereocenters. The molecule has 0 radical (unpaired) electrons. The molecule has 2 unspecified atom stereocenters. The van der Waals surface area contributed by atoms with Crippen LogP contribution in [-0.2, 0) is 5.41 Å². The van der Waals surface area contributed by atoms with Gasteiger partial charge in [0, 0.05) is 42.6 Å². The van der Waals surface area contributed by atoms with Crippen LogP contribution in [0.1, 0.15) is 53.4 Å². The topological polar surface area (TPSA) is 51.6 Å². The zero-order valence-corrected chi connectivity index (χ0v) is 16.6. The number of nitrogens with zero attached hydrogens (tertiary/aromatic N) is 4. The molecular formula is C26H22N4. The normalized spacial score (nSPS) is 21.2. The predicted molar refractivity (Wildman–Crippen MR) is 116 cm³/mol. The molecule has 0 saturated heterocycles. The van der Waals surface area contributed by atoms with Crippen LogP contribution in [-0.4, -0.2) is 19.9 Å². The molecule has 1 spiro atoms. The molecule has 0 N–H and O–H groups in total. The summed E-state index contributed by atoms with van der Waals surface area (Å²) in [4.78, 5) is 18.6. The van der Waals surface area contributed by atoms with Gasteiger partial charge in [-0.2, -0.15) is 0 Å². The van der Waals surface area contributed by atoms with Gasteiger partial charge in [0.25, 0.3) is 0 Å². The fourth-order valence-electron chi connectivity index (χ4n) is 6.00. The Morgan fingerprint density at radius 1 is 0.633 bits per heavy atom. The van der Waals surface area contributed by atoms with E-state index < -0.39 is 0 Å². The maximum Gasteiger partial charge on any atom is 0.0930 e. The highest BCUT2D eigenvalue weighted by atomic mass is 14.8. The van der Waals surface area contributed by atoms with Crippen molar-refractivity contribution >= 4 is 0 Å². The molecule has 2 aliphatic carbocycles. The summed E-state index contributed by atoms with van der Waals surface area (Å²) in [5, 5.41) is 0. The lowest BCUT2D eigenvalue weighted by Gasteiger charge is -2.49. The lowest BCUT2D eigenvalue weighted by atomic mass is 9.53. The highest BCUT2D eigenvalue weighted by Gasteiger charge is 2.56. The van der Waals surface area contributed by atoms with Crippen LogP contribution in [0.25, 0.3) is 11.4 Å². The van der Waals surface area contributed by atoms with Crippen LogP contribution in [0.5, 0.6) is 0 Å². The highest BCUT2D eigenvalue weighted by molar-refractivity contribution is 5.77. The first-order valence-corrected chi connectivity index (χ1v) is 10.6. The Hall–Kier alpha value is -3.40. The molecule has 4 nitrogen and oxygen atoms in total. The average molecular weight is 390 g/mol. The van der Waals surface area contributed by atoms with Gasteiger partial charge >= 0.3 is 0 Å². The molecule has 0 bridgehead atoms. The number of pyridine rings is 4. The third-order valence-corrected chi connectivity index (χ3v) is 6.99. The lowest BCUT2D eigenvalue weighted by molar-refractivity contribution is 0.255. The molecule has 2 aliphatic rings. The molecule has 4 aromatic rings. The number of hydrogen-bond acceptors (Lipinski definition) is 4. The standard InChI is InChI=1S/C26H22N4/c1-8-20(18-6-2-12-27-16-18)26(21(9-1)19-7-3-13-28-17-19)22-10-4-14-29-24(22)25-23(26)11-5-15-30-25/h2-7,10-17,20-21H,1,8-9H2. The zero-order chi connectivity index (χ0) is 20.0. The second-order valence-corrected chi connectivity index (χ2v) is 8.28. The fourth-order valence-corrected chi connectivity index (χ4v) is 6.00. The minimum atomic E-state index is -0.225. The first kappa shape index (κ1) is 17.5. The van der Waals surface area contributed by atoms with Gasteiger partial charge in [0.05, 0.1) is 11.4 Å². The highest BCUT2D eigenvalue weighted by Crippen LogP contribution is 2.64. The molecule has 1 saturated carbocycles. The predicted octanol–water partition coefficient (Wildman–Crippen LogP) is 5.28. The first-order chi connectivity index (χ1) is 14.9. The SMILES string of the molecule is c1cncc(C2CCCC(c3cccnc3)C23c2cccnc2-c2ncccc23)c1. The first-order valence-electron chi connectivity index (χ1n) is 10.6. The summed E-state index contributed by atoms with van der Waals surface area (Å²) in [6.07, 6.45) is 15.0. The Labute approximate surface area is 176 Å². The van der Waals surface area contributed by atoms with Gasteiger partial charge in [-0.1, -0.05) is 30.7 Å². The van der Waals surface area contributed by atoms with E-state index in [1.165, 1.54) is 28.7 Å². The van der Waals surface area contributed by atoms with E-state index in [9.17, 15) is 0 Å². The van der Waals surface area contributed by atoms with Gasteiger partial charge in [0.1, 0.15) is 0 Å². The molecule has 4 aromatic heterocycles. The third kappa shape index (κ3) is 2.34. The summed E-state index contributed by atoms with van der Waals surface area (Å²) < 4.78 is 0. The van der Waals surface area contributed by atoms with Crippen molar-refractivity contribution in [3.8, 4) is 11.4 Å². The van der Waals surface area contributed by atoms with E-state index in [1.807, 2.05) is 37.2 Å². The van der Waals surface area contributed by atoms with E-state index in [2.05, 4.69) is 58.5 Å². The monoisotopic (exact) mass is 390 g/mol. The Balaban J connectivity index is 1.71. The van der Waals surface area contributed by atoms with Crippen molar-refractivity contribution in [3.05, 3.63) is 108 Å². The second kappa shape index (κ2) is 6.84. The maximum absolute atomic E-state index is 4.81. The summed E-state index contributed by atoms with van der Waals surface area (Å²) in [6, 6.07) is 17.2. The van der Waals surface area contributed by atoms with E-state index in [-0.39, 0.29) is 5.41 Å². The summed E-state index contributed by atoms with van der Waals surface area (Å²) in [6.45, 7) is 0. The molecular weight excluding hydrogens is 368 g/mol. The molecule has 0 aliphatic heterocycles. The summed E-state index contributed by atoms with van der Waals surface area (Å²) >= 11 is 0. The number of hydrogen-bond donors (Lipinski definition) is 0. The van der Waals surface area contributed by atoms with Crippen molar-refractivity contribution < 1.29 is 0 Å². The van der Waals surface area contributed by atoms with Gasteiger partial charge in [-0.15, -0.1) is 0 Å². The minimum Gasteiger partial charge on any atom is -0.264 e. The number of rotatable bonds is 2. The van der Waals surface area contributed by atoms with E-state index in [1.54, 1.807) is 0 Å². The molecule has 1 fully saturated rings. The van der Waals surface area contributed by atoms with Crippen molar-refractivity contribution in [1.82, 2.24) is 19.9 Å². The average Bonchev–Trinajstić information content (AvgIpc) is 3.12. The zero-order valence-electron chi connectivity index (χ0n) is 16.6. The molecule has 0 aromatic carbocycles. The Morgan fingerprint density at radius 2 is 1.13 bits per heavy atom. The van der Waals surface area contributed by atoms with Gasteiger partial charge in [0.15, 0.2) is 0 Å². The molecule has 0 amide bonds. The van der Waals surface area contributed by atoms with Gasteiger partial charge < -0.3 is 0 Å². The quantitative estimate of drug-likeness (QED) is 0.467. The summed E-state index contributed by atoms with van der Waals surface area (Å²) in [5.41, 5.74) is 6.99. The van der Waals surface area contributed by atoms with Crippen molar-refractivity contribution in [2.24, 2.45) is 0 Å². The van der Waals surface area contributed by atoms with Crippen molar-refractivity contribution in [2.45, 2.75) is 36.5 Å². The third-order valence-electron chi connectivity index (χ3n) is 6.99. The van der Waals surface area contributed by atoms with Crippen LogP contribution in [0.4, 0.5) is 0 Å². The van der Waals surface area contributed by atoms with Gasteiger partial charge in [-0.05, 0) is 71.2 Å². The summed E-state index contributed by atoms with van der Waals surface area (Å²) in [7, 11) is 0. The van der Waals surface area contributed by atoms with Crippen LogP contribution in [0.15, 0.2) is 85.7 Å². The van der Waals surface area contributed by atoms with Crippen LogP contribution < -0.4 is 0 Å². The molecule has 30 heavy (non-hydrogen) atoms. The Kier molecular flexibility index (Phi) is 3.98. The van der Waals surface area contributed by atoms with E-state index in [0.29, 0.717) is 11.8 Å². The number of aromatic nitrogens is 4. The van der Waals surface area contributed by atoms with Crippen molar-refractivity contribution in [3.63, 3.8) is 0 Å². The lowest BCUT2D eigenvalue weighted by Crippen LogP contribution is -2.42. The van der Waals surface area contributed by atoms with Crippen molar-refractivity contribution in [1.29, 1.82) is 0 Å². The maximum atomic E-state index is 4.81. The fraction of sp³-hybridized carbons (Fsp3) is 0.231. The van der Waals surface area contributed by atoms with Gasteiger partial charge in [-0.3, -0.25) is 19.9 Å². The van der Waals surface area contributed by atoms with Crippen LogP contribution in [0.3, 0.4) is 0 Å². The van der Waals surface area contributed by atoms with Gasteiger partial charge in [-0.25, -0.2) is 0 Å². The van der Waals surface area contributed by atoms with E-state index in [4.69, 9.17) is 9.97 Å². The van der Waals surface area contributed by atoms with E-state index in [0.717, 1.165) is 24.2 Å². The largest absolute Gasteiger partial charge is 0.264 e. The minimum absolute atomic E-state index is 0.225. The van der Waals surface area contributed by atoms with E-state index >= 15 is 0 Å². The van der Waals surface area contributed by atoms with Gasteiger partial charge in [0.2, 0.25) is 0 Å². The van der Waals surface area contributed by atoms with Crippen LogP contribution >= 0.6 is 0 Å². The van der Waals surface area contributed by atoms with Crippen molar-refractivity contribution in [2.75, 3.05) is 0 Å². The molecule has 4 heterocycles. The molecule has 4 heteroatoms. The Morgan fingerprint density at radius 3 is 1.60 bits per heavy atom. The molecule has 146 valence electrons. The van der Waals surface area contributed by atoms with Crippen LogP contribution in [0, 0.1) is 0 Å². The summed E-state index contributed by atoms with van der Waals surface area (Å²) in [5.74, 6) is 0.608. The molecule has 6 rings (SSSR count). The Bertz CT molecular complexity index is 1090. The second-order valence-electron chi connectivity index (χ2n) is 8.28. The smallest absolute Gasteiger partial charge is 0.0930 e.